The van der Waals surface area contributed by atoms with E-state index in [2.05, 4.69) is 37.9 Å². The minimum Gasteiger partial charge on any atom is -0.398 e. The Bertz CT molecular complexity index is 1230. The normalized spacial score (nSPS) is 24.3. The van der Waals surface area contributed by atoms with E-state index in [0.717, 1.165) is 55.7 Å². The molecule has 9 nitrogen and oxygen atoms in total. The summed E-state index contributed by atoms with van der Waals surface area (Å²) in [5.74, 6) is 0. The molecule has 3 fully saturated rings. The van der Waals surface area contributed by atoms with E-state index in [9.17, 15) is 0 Å². The number of nitrogen functional groups attached to an aromatic ring is 1. The lowest BCUT2D eigenvalue weighted by Crippen LogP contribution is -2.42. The molecule has 1 aromatic carbocycles. The van der Waals surface area contributed by atoms with Crippen LogP contribution in [0.5, 0.6) is 0 Å². The maximum atomic E-state index is 6.10. The Balaban J connectivity index is 0.000000158. The van der Waals surface area contributed by atoms with Crippen LogP contribution < -0.4 is 11.3 Å². The quantitative estimate of drug-likeness (QED) is 0.341. The van der Waals surface area contributed by atoms with Gasteiger partial charge in [0.1, 0.15) is 6.23 Å². The third-order valence-electron chi connectivity index (χ3n) is 8.01. The van der Waals surface area contributed by atoms with Crippen molar-refractivity contribution in [2.75, 3.05) is 18.9 Å². The second-order valence-corrected chi connectivity index (χ2v) is 11.7. The van der Waals surface area contributed by atoms with E-state index in [1.54, 1.807) is 12.4 Å². The number of rotatable bonds is 4. The fraction of sp³-hybridized carbons (Fsp3) is 0.571. The highest BCUT2D eigenvalue weighted by atomic mass is 35.5. The molecule has 3 aliphatic rings. The van der Waals surface area contributed by atoms with Crippen molar-refractivity contribution in [1.82, 2.24) is 19.6 Å². The van der Waals surface area contributed by atoms with Crippen LogP contribution in [0.4, 0.5) is 5.69 Å². The van der Waals surface area contributed by atoms with Gasteiger partial charge in [-0.05, 0) is 90.5 Å². The topological polar surface area (TPSA) is 98.6 Å². The van der Waals surface area contributed by atoms with Gasteiger partial charge in [0, 0.05) is 31.2 Å². The fourth-order valence-corrected chi connectivity index (χ4v) is 5.14. The first kappa shape index (κ1) is 28.2. The Labute approximate surface area is 236 Å². The summed E-state index contributed by atoms with van der Waals surface area (Å²) in [6.45, 7) is 9.84. The zero-order valence-corrected chi connectivity index (χ0v) is 24.1. The number of ether oxygens (including phenoxy) is 2. The van der Waals surface area contributed by atoms with Crippen molar-refractivity contribution >= 4 is 30.0 Å². The van der Waals surface area contributed by atoms with Crippen molar-refractivity contribution in [1.29, 1.82) is 0 Å². The molecule has 2 aromatic heterocycles. The van der Waals surface area contributed by atoms with Crippen LogP contribution in [-0.4, -0.2) is 51.1 Å². The first-order chi connectivity index (χ1) is 18.7. The highest BCUT2D eigenvalue weighted by molar-refractivity contribution is 6.61. The molecule has 2 unspecified atom stereocenters. The minimum absolute atomic E-state index is 0.00720. The average Bonchev–Trinajstić information content (AvgIpc) is 3.65. The molecule has 0 spiro atoms. The smallest absolute Gasteiger partial charge is 0.398 e. The van der Waals surface area contributed by atoms with Crippen LogP contribution in [0.3, 0.4) is 0 Å². The van der Waals surface area contributed by atoms with E-state index in [1.165, 1.54) is 12.8 Å². The minimum atomic E-state index is -0.381. The number of halogens is 1. The van der Waals surface area contributed by atoms with Crippen LogP contribution in [0.1, 0.15) is 78.7 Å². The van der Waals surface area contributed by atoms with Gasteiger partial charge in [-0.3, -0.25) is 0 Å². The molecule has 39 heavy (non-hydrogen) atoms. The molecular formula is C28H39BClN5O4. The second kappa shape index (κ2) is 11.6. The molecule has 5 heterocycles. The molecule has 3 aliphatic heterocycles. The molecule has 0 amide bonds. The highest BCUT2D eigenvalue weighted by Crippen LogP contribution is 2.37. The van der Waals surface area contributed by atoms with E-state index in [0.29, 0.717) is 10.7 Å². The van der Waals surface area contributed by atoms with Gasteiger partial charge in [0.25, 0.3) is 0 Å². The maximum absolute atomic E-state index is 6.10. The van der Waals surface area contributed by atoms with Gasteiger partial charge in [0.15, 0.2) is 6.23 Å². The van der Waals surface area contributed by atoms with Crippen LogP contribution in [0.2, 0.25) is 5.02 Å². The van der Waals surface area contributed by atoms with Gasteiger partial charge >= 0.3 is 7.12 Å². The van der Waals surface area contributed by atoms with Gasteiger partial charge in [0.05, 0.1) is 33.2 Å². The van der Waals surface area contributed by atoms with Gasteiger partial charge in [0.2, 0.25) is 0 Å². The van der Waals surface area contributed by atoms with E-state index < -0.39 is 0 Å². The van der Waals surface area contributed by atoms with Crippen LogP contribution in [0.25, 0.3) is 11.3 Å². The van der Waals surface area contributed by atoms with Crippen LogP contribution in [0.15, 0.2) is 42.7 Å². The molecule has 2 N–H and O–H groups in total. The number of hydrogen-bond acceptors (Lipinski definition) is 7. The van der Waals surface area contributed by atoms with Gasteiger partial charge in [-0.2, -0.15) is 10.2 Å². The molecule has 6 rings (SSSR count). The Kier molecular flexibility index (Phi) is 8.40. The Morgan fingerprint density at radius 2 is 1.44 bits per heavy atom. The summed E-state index contributed by atoms with van der Waals surface area (Å²) in [7, 11) is -0.381. The largest absolute Gasteiger partial charge is 0.514 e. The Hall–Kier alpha value is -2.37. The summed E-state index contributed by atoms with van der Waals surface area (Å²) in [4.78, 5) is 0. The molecule has 11 heteroatoms. The predicted octanol–water partition coefficient (Wildman–Crippen LogP) is 5.37. The molecule has 3 aromatic rings. The Morgan fingerprint density at radius 1 is 0.846 bits per heavy atom. The summed E-state index contributed by atoms with van der Waals surface area (Å²) < 4.78 is 27.7. The standard InChI is InChI=1S/C14H23BN2O3.C14H16ClN3O/c1-13(2)14(3,4)20-15(19-13)11-8-9-16-17(11)12-7-5-6-10-18-12;15-11-5-4-10(9-12(11)16)13-6-7-17-18(13)14-3-1-2-8-19-14/h8-9,12H,5-7,10H2,1-4H3;4-7,9,14H,1-3,8,16H2. The van der Waals surface area contributed by atoms with Gasteiger partial charge in [-0.1, -0.05) is 17.7 Å². The predicted molar refractivity (Wildman–Crippen MR) is 153 cm³/mol. The number of hydrogen-bond donors (Lipinski definition) is 1. The average molecular weight is 556 g/mol. The first-order valence-corrected chi connectivity index (χ1v) is 14.3. The van der Waals surface area contributed by atoms with E-state index in [-0.39, 0.29) is 30.8 Å². The molecule has 3 saturated heterocycles. The summed E-state index contributed by atoms with van der Waals surface area (Å²) in [6.07, 6.45) is 10.2. The summed E-state index contributed by atoms with van der Waals surface area (Å²) in [5, 5.41) is 9.37. The third-order valence-corrected chi connectivity index (χ3v) is 8.36. The van der Waals surface area contributed by atoms with E-state index in [4.69, 9.17) is 36.1 Å². The van der Waals surface area contributed by atoms with Crippen molar-refractivity contribution in [3.63, 3.8) is 0 Å². The van der Waals surface area contributed by atoms with E-state index >= 15 is 0 Å². The molecule has 2 atom stereocenters. The summed E-state index contributed by atoms with van der Waals surface area (Å²) in [6, 6.07) is 9.57. The highest BCUT2D eigenvalue weighted by Gasteiger charge is 2.53. The number of benzene rings is 1. The second-order valence-electron chi connectivity index (χ2n) is 11.3. The lowest BCUT2D eigenvalue weighted by molar-refractivity contribution is -0.0383. The van der Waals surface area contributed by atoms with E-state index in [1.807, 2.05) is 39.7 Å². The number of anilines is 1. The lowest BCUT2D eigenvalue weighted by Gasteiger charge is -2.32. The van der Waals surface area contributed by atoms with Gasteiger partial charge in [-0.15, -0.1) is 0 Å². The Morgan fingerprint density at radius 3 is 2.03 bits per heavy atom. The molecule has 0 bridgehead atoms. The first-order valence-electron chi connectivity index (χ1n) is 13.9. The monoisotopic (exact) mass is 555 g/mol. The van der Waals surface area contributed by atoms with Crippen molar-refractivity contribution in [2.24, 2.45) is 0 Å². The SMILES string of the molecule is CC1(C)OB(c2ccnn2C2CCCCO2)OC1(C)C.Nc1cc(-c2ccnn2C2CCCCO2)ccc1Cl. The summed E-state index contributed by atoms with van der Waals surface area (Å²) >= 11 is 5.96. The molecule has 0 aliphatic carbocycles. The lowest BCUT2D eigenvalue weighted by atomic mass is 9.84. The molecule has 210 valence electrons. The van der Waals surface area contributed by atoms with Crippen molar-refractivity contribution < 1.29 is 18.8 Å². The molecule has 0 radical (unpaired) electrons. The van der Waals surface area contributed by atoms with Crippen molar-refractivity contribution in [3.8, 4) is 11.3 Å². The number of nitrogens with two attached hydrogens (primary N) is 1. The third kappa shape index (κ3) is 6.05. The summed E-state index contributed by atoms with van der Waals surface area (Å²) in [5.41, 5.74) is 8.73. The van der Waals surface area contributed by atoms with Crippen molar-refractivity contribution in [2.45, 2.75) is 89.9 Å². The van der Waals surface area contributed by atoms with Gasteiger partial charge < -0.3 is 24.5 Å². The van der Waals surface area contributed by atoms with Crippen LogP contribution in [-0.2, 0) is 18.8 Å². The maximum Gasteiger partial charge on any atom is 0.514 e. The number of aromatic nitrogens is 4. The van der Waals surface area contributed by atoms with Crippen LogP contribution in [0, 0.1) is 0 Å². The van der Waals surface area contributed by atoms with Crippen LogP contribution >= 0.6 is 11.6 Å². The van der Waals surface area contributed by atoms with Crippen molar-refractivity contribution in [3.05, 3.63) is 47.7 Å². The fourth-order valence-electron chi connectivity index (χ4n) is 5.02. The number of nitrogens with zero attached hydrogens (tertiary/aromatic N) is 4. The molecular weight excluding hydrogens is 517 g/mol. The zero-order chi connectivity index (χ0) is 27.6. The molecule has 0 saturated carbocycles. The zero-order valence-electron chi connectivity index (χ0n) is 23.3. The van der Waals surface area contributed by atoms with Gasteiger partial charge in [-0.25, -0.2) is 9.36 Å².